The fraction of sp³-hybridized carbons (Fsp3) is 0. The van der Waals surface area contributed by atoms with E-state index in [4.69, 9.17) is 0 Å². The van der Waals surface area contributed by atoms with Crippen LogP contribution in [-0.2, 0) is 0 Å². The highest BCUT2D eigenvalue weighted by atomic mass is 32.1. The SMILES string of the molecule is N#Cc1cc(C#N)cc(-c2ccc3ccc4c(-c5ccc6c(c5)c5ccccc5c5cc7c(cc65)sc5cc6ccccc6cc57)ccc5ccc2c3c54)c1. The van der Waals surface area contributed by atoms with Gasteiger partial charge in [-0.2, -0.15) is 10.5 Å². The second-order valence-electron chi connectivity index (χ2n) is 14.7. The van der Waals surface area contributed by atoms with Gasteiger partial charge in [-0.05, 0) is 146 Å². The van der Waals surface area contributed by atoms with Gasteiger partial charge >= 0.3 is 0 Å². The van der Waals surface area contributed by atoms with E-state index >= 15 is 0 Å². The van der Waals surface area contributed by atoms with E-state index in [-0.39, 0.29) is 0 Å². The molecule has 0 saturated carbocycles. The number of nitriles is 2. The maximum atomic E-state index is 9.72. The van der Waals surface area contributed by atoms with E-state index in [1.165, 1.54) is 101 Å². The Morgan fingerprint density at radius 3 is 1.51 bits per heavy atom. The number of hydrogen-bond donors (Lipinski definition) is 0. The highest BCUT2D eigenvalue weighted by molar-refractivity contribution is 7.26. The molecule has 0 bridgehead atoms. The predicted octanol–water partition coefficient (Wildman–Crippen LogP) is 14.6. The number of hydrogen-bond acceptors (Lipinski definition) is 3. The minimum Gasteiger partial charge on any atom is -0.192 e. The van der Waals surface area contributed by atoms with Gasteiger partial charge in [-0.1, -0.05) is 109 Å². The summed E-state index contributed by atoms with van der Waals surface area (Å²) in [5.41, 5.74) is 5.25. The lowest BCUT2D eigenvalue weighted by Crippen LogP contribution is -1.91. The molecule has 0 saturated heterocycles. The molecule has 11 aromatic carbocycles. The van der Waals surface area contributed by atoms with Crippen molar-refractivity contribution < 1.29 is 0 Å². The number of fused-ring (bicyclic) bond motifs is 10. The van der Waals surface area contributed by atoms with Crippen LogP contribution in [0.5, 0.6) is 0 Å². The van der Waals surface area contributed by atoms with Crippen LogP contribution in [0.25, 0.3) is 118 Å². The van der Waals surface area contributed by atoms with Gasteiger partial charge in [-0.3, -0.25) is 0 Å². The van der Waals surface area contributed by atoms with Crippen molar-refractivity contribution in [3.8, 4) is 34.4 Å². The summed E-state index contributed by atoms with van der Waals surface area (Å²) in [6.45, 7) is 0. The van der Waals surface area contributed by atoms with Crippen LogP contribution in [0.15, 0.2) is 158 Å². The molecule has 0 fully saturated rings. The molecule has 2 nitrogen and oxygen atoms in total. The fourth-order valence-corrected chi connectivity index (χ4v) is 10.4. The Hall–Kier alpha value is -7.30. The van der Waals surface area contributed by atoms with Crippen LogP contribution in [-0.4, -0.2) is 0 Å². The van der Waals surface area contributed by atoms with Crippen molar-refractivity contribution in [1.29, 1.82) is 10.5 Å². The quantitative estimate of drug-likeness (QED) is 0.168. The van der Waals surface area contributed by atoms with Crippen molar-refractivity contribution in [2.75, 3.05) is 0 Å². The van der Waals surface area contributed by atoms with E-state index in [1.54, 1.807) is 6.07 Å². The Morgan fingerprint density at radius 2 is 0.836 bits per heavy atom. The summed E-state index contributed by atoms with van der Waals surface area (Å²) in [5, 5.41) is 39.4. The zero-order valence-corrected chi connectivity index (χ0v) is 30.1. The maximum absolute atomic E-state index is 9.72. The summed E-state index contributed by atoms with van der Waals surface area (Å²) in [4.78, 5) is 0. The first-order valence-electron chi connectivity index (χ1n) is 18.4. The molecule has 0 unspecified atom stereocenters. The molecule has 0 N–H and O–H groups in total. The first-order valence-corrected chi connectivity index (χ1v) is 19.2. The second kappa shape index (κ2) is 11.1. The molecular formula is C52H26N2S. The van der Waals surface area contributed by atoms with E-state index < -0.39 is 0 Å². The van der Waals surface area contributed by atoms with Crippen molar-refractivity contribution in [2.24, 2.45) is 0 Å². The molecule has 0 aliphatic heterocycles. The van der Waals surface area contributed by atoms with Crippen molar-refractivity contribution in [3.05, 3.63) is 169 Å². The Bertz CT molecular complexity index is 3710. The molecular weight excluding hydrogens is 685 g/mol. The lowest BCUT2D eigenvalue weighted by atomic mass is 9.86. The van der Waals surface area contributed by atoms with Crippen molar-refractivity contribution in [1.82, 2.24) is 0 Å². The van der Waals surface area contributed by atoms with Gasteiger partial charge in [0.15, 0.2) is 0 Å². The highest BCUT2D eigenvalue weighted by Gasteiger charge is 2.18. The molecule has 250 valence electrons. The molecule has 55 heavy (non-hydrogen) atoms. The second-order valence-corrected chi connectivity index (χ2v) is 15.8. The molecule has 3 heteroatoms. The van der Waals surface area contributed by atoms with Crippen LogP contribution in [0, 0.1) is 22.7 Å². The van der Waals surface area contributed by atoms with Gasteiger partial charge in [0.25, 0.3) is 0 Å². The lowest BCUT2D eigenvalue weighted by molar-refractivity contribution is 1.45. The van der Waals surface area contributed by atoms with E-state index in [9.17, 15) is 10.5 Å². The van der Waals surface area contributed by atoms with Crippen LogP contribution in [0.2, 0.25) is 0 Å². The van der Waals surface area contributed by atoms with Gasteiger partial charge < -0.3 is 0 Å². The molecule has 12 rings (SSSR count). The van der Waals surface area contributed by atoms with Crippen LogP contribution in [0.4, 0.5) is 0 Å². The van der Waals surface area contributed by atoms with Crippen LogP contribution < -0.4 is 0 Å². The summed E-state index contributed by atoms with van der Waals surface area (Å²) in [7, 11) is 0. The largest absolute Gasteiger partial charge is 0.192 e. The fourth-order valence-electron chi connectivity index (χ4n) is 9.29. The molecule has 0 amide bonds. The summed E-state index contributed by atoms with van der Waals surface area (Å²) in [6, 6.07) is 61.7. The molecule has 1 heterocycles. The minimum atomic E-state index is 0.487. The maximum Gasteiger partial charge on any atom is 0.0992 e. The number of thiophene rings is 1. The van der Waals surface area contributed by atoms with E-state index in [1.807, 2.05) is 23.5 Å². The summed E-state index contributed by atoms with van der Waals surface area (Å²) >= 11 is 1.88. The topological polar surface area (TPSA) is 47.6 Å². The van der Waals surface area contributed by atoms with Crippen molar-refractivity contribution in [2.45, 2.75) is 0 Å². The zero-order chi connectivity index (χ0) is 36.4. The monoisotopic (exact) mass is 710 g/mol. The Balaban J connectivity index is 1.10. The third kappa shape index (κ3) is 4.28. The van der Waals surface area contributed by atoms with Gasteiger partial charge in [-0.25, -0.2) is 0 Å². The van der Waals surface area contributed by atoms with Crippen LogP contribution in [0.1, 0.15) is 11.1 Å². The first-order chi connectivity index (χ1) is 27.1. The standard InChI is InChI=1S/C52H26N2S/c53-27-29-19-30(28-54)21-36(20-29)38-15-10-32-11-17-42-37(14-9-31-12-18-43(38)52(32)51(31)42)35-13-16-41-44(23-35)39-7-3-4-8-40(39)45-25-48-47-22-33-5-1-2-6-34(33)24-49(47)55-50(48)26-46(41)45/h1-26H. The number of nitrogens with zero attached hydrogens (tertiary/aromatic N) is 2. The summed E-state index contributed by atoms with van der Waals surface area (Å²) < 4.78 is 2.64. The molecule has 1 aromatic heterocycles. The summed E-state index contributed by atoms with van der Waals surface area (Å²) in [6.07, 6.45) is 0. The molecule has 0 radical (unpaired) electrons. The minimum absolute atomic E-state index is 0.487. The zero-order valence-electron chi connectivity index (χ0n) is 29.3. The first kappa shape index (κ1) is 30.2. The third-order valence-corrected chi connectivity index (χ3v) is 12.9. The van der Waals surface area contributed by atoms with Gasteiger partial charge in [0.05, 0.1) is 23.3 Å². The van der Waals surface area contributed by atoms with Gasteiger partial charge in [0, 0.05) is 20.2 Å². The normalized spacial score (nSPS) is 12.0. The Kier molecular flexibility index (Phi) is 6.10. The van der Waals surface area contributed by atoms with Crippen LogP contribution >= 0.6 is 11.3 Å². The highest BCUT2D eigenvalue weighted by Crippen LogP contribution is 2.46. The van der Waals surface area contributed by atoms with Gasteiger partial charge in [0.2, 0.25) is 0 Å². The van der Waals surface area contributed by atoms with E-state index in [2.05, 4.69) is 152 Å². The molecule has 12 aromatic rings. The molecule has 0 aliphatic carbocycles. The molecule has 0 aliphatic rings. The Labute approximate surface area is 319 Å². The van der Waals surface area contributed by atoms with Gasteiger partial charge in [0.1, 0.15) is 0 Å². The average Bonchev–Trinajstić information content (AvgIpc) is 3.59. The number of benzene rings is 11. The lowest BCUT2D eigenvalue weighted by Gasteiger charge is -2.17. The Morgan fingerprint density at radius 1 is 0.327 bits per heavy atom. The predicted molar refractivity (Wildman–Crippen MR) is 233 cm³/mol. The average molecular weight is 711 g/mol. The van der Waals surface area contributed by atoms with Crippen molar-refractivity contribution in [3.63, 3.8) is 0 Å². The van der Waals surface area contributed by atoms with Crippen molar-refractivity contribution >= 4 is 107 Å². The number of rotatable bonds is 2. The smallest absolute Gasteiger partial charge is 0.0992 e. The van der Waals surface area contributed by atoms with Gasteiger partial charge in [-0.15, -0.1) is 11.3 Å². The van der Waals surface area contributed by atoms with E-state index in [0.717, 1.165) is 16.5 Å². The summed E-state index contributed by atoms with van der Waals surface area (Å²) in [5.74, 6) is 0. The van der Waals surface area contributed by atoms with E-state index in [0.29, 0.717) is 11.1 Å². The molecule has 0 spiro atoms. The third-order valence-electron chi connectivity index (χ3n) is 11.8. The van der Waals surface area contributed by atoms with Crippen LogP contribution in [0.3, 0.4) is 0 Å². The molecule has 0 atom stereocenters.